The number of thiophene rings is 1. The largest absolute Gasteiger partial charge is 0.383 e. The molecule has 1 aromatic rings. The Kier molecular flexibility index (Phi) is 3.76. The van der Waals surface area contributed by atoms with Crippen LogP contribution >= 0.6 is 11.3 Å². The van der Waals surface area contributed by atoms with Crippen molar-refractivity contribution in [3.05, 3.63) is 22.4 Å². The van der Waals surface area contributed by atoms with Crippen LogP contribution in [0, 0.1) is 0 Å². The van der Waals surface area contributed by atoms with Crippen LogP contribution in [-0.2, 0) is 4.74 Å². The van der Waals surface area contributed by atoms with Crippen molar-refractivity contribution < 1.29 is 4.74 Å². The second-order valence-electron chi connectivity index (χ2n) is 2.27. The van der Waals surface area contributed by atoms with Gasteiger partial charge in [-0.3, -0.25) is 4.99 Å². The van der Waals surface area contributed by atoms with Crippen LogP contribution in [-0.4, -0.2) is 26.1 Å². The van der Waals surface area contributed by atoms with Gasteiger partial charge >= 0.3 is 0 Å². The van der Waals surface area contributed by atoms with Crippen LogP contribution in [0.4, 0.5) is 0 Å². The molecule has 0 atom stereocenters. The molecule has 0 saturated carbocycles. The molecule has 0 aliphatic carbocycles. The van der Waals surface area contributed by atoms with Crippen LogP contribution in [0.15, 0.2) is 21.8 Å². The Morgan fingerprint density at radius 3 is 3.17 bits per heavy atom. The number of hydrogen-bond donors (Lipinski definition) is 1. The van der Waals surface area contributed by atoms with Crippen molar-refractivity contribution in [3.8, 4) is 0 Å². The van der Waals surface area contributed by atoms with Crippen molar-refractivity contribution in [2.45, 2.75) is 0 Å². The molecular formula is C8H12N2OS. The van der Waals surface area contributed by atoms with E-state index in [1.165, 1.54) is 0 Å². The number of nitrogens with zero attached hydrogens (tertiary/aromatic N) is 1. The molecule has 3 nitrogen and oxygen atoms in total. The molecule has 0 spiro atoms. The molecular weight excluding hydrogens is 172 g/mol. The van der Waals surface area contributed by atoms with Crippen LogP contribution in [0.25, 0.3) is 0 Å². The van der Waals surface area contributed by atoms with Crippen LogP contribution in [0.5, 0.6) is 0 Å². The lowest BCUT2D eigenvalue weighted by atomic mass is 10.3. The van der Waals surface area contributed by atoms with E-state index in [4.69, 9.17) is 10.5 Å². The molecule has 0 fully saturated rings. The summed E-state index contributed by atoms with van der Waals surface area (Å²) in [7, 11) is 1.65. The van der Waals surface area contributed by atoms with Gasteiger partial charge in [0, 0.05) is 18.1 Å². The zero-order valence-electron chi connectivity index (χ0n) is 6.99. The van der Waals surface area contributed by atoms with E-state index >= 15 is 0 Å². The van der Waals surface area contributed by atoms with Crippen LogP contribution in [0.2, 0.25) is 0 Å². The minimum atomic E-state index is 0.591. The summed E-state index contributed by atoms with van der Waals surface area (Å²) in [5, 5.41) is 3.96. The molecule has 0 bridgehead atoms. The quantitative estimate of drug-likeness (QED) is 0.433. The Hall–Kier alpha value is -0.870. The highest BCUT2D eigenvalue weighted by atomic mass is 32.1. The van der Waals surface area contributed by atoms with Gasteiger partial charge < -0.3 is 10.5 Å². The van der Waals surface area contributed by atoms with Gasteiger partial charge in [0.1, 0.15) is 5.84 Å². The fourth-order valence-electron chi connectivity index (χ4n) is 0.759. The van der Waals surface area contributed by atoms with Gasteiger partial charge in [0.25, 0.3) is 0 Å². The molecule has 12 heavy (non-hydrogen) atoms. The van der Waals surface area contributed by atoms with E-state index < -0.39 is 0 Å². The van der Waals surface area contributed by atoms with Gasteiger partial charge in [-0.25, -0.2) is 0 Å². The van der Waals surface area contributed by atoms with Gasteiger partial charge in [-0.05, 0) is 11.4 Å². The van der Waals surface area contributed by atoms with E-state index in [1.54, 1.807) is 18.4 Å². The van der Waals surface area contributed by atoms with Gasteiger partial charge in [-0.1, -0.05) is 0 Å². The summed E-state index contributed by atoms with van der Waals surface area (Å²) in [4.78, 5) is 4.13. The molecule has 1 aromatic heterocycles. The highest BCUT2D eigenvalue weighted by Gasteiger charge is 1.96. The monoisotopic (exact) mass is 184 g/mol. The van der Waals surface area contributed by atoms with E-state index in [2.05, 4.69) is 4.99 Å². The lowest BCUT2D eigenvalue weighted by Gasteiger charge is -1.96. The van der Waals surface area contributed by atoms with Crippen molar-refractivity contribution in [2.75, 3.05) is 20.3 Å². The van der Waals surface area contributed by atoms with Crippen LogP contribution in [0.3, 0.4) is 0 Å². The van der Waals surface area contributed by atoms with Gasteiger partial charge in [0.15, 0.2) is 0 Å². The summed E-state index contributed by atoms with van der Waals surface area (Å²) >= 11 is 1.62. The minimum absolute atomic E-state index is 0.591. The molecule has 1 rings (SSSR count). The number of methoxy groups -OCH3 is 1. The second-order valence-corrected chi connectivity index (χ2v) is 3.05. The van der Waals surface area contributed by atoms with E-state index in [0.29, 0.717) is 19.0 Å². The topological polar surface area (TPSA) is 47.6 Å². The molecule has 4 heteroatoms. The molecule has 0 aromatic carbocycles. The molecule has 0 unspecified atom stereocenters. The van der Waals surface area contributed by atoms with Crippen molar-refractivity contribution in [1.82, 2.24) is 0 Å². The second kappa shape index (κ2) is 4.90. The molecule has 0 aliphatic heterocycles. The highest BCUT2D eigenvalue weighted by Crippen LogP contribution is 2.04. The third-order valence-electron chi connectivity index (χ3n) is 1.39. The zero-order chi connectivity index (χ0) is 8.81. The molecule has 66 valence electrons. The Morgan fingerprint density at radius 2 is 2.58 bits per heavy atom. The first-order chi connectivity index (χ1) is 5.84. The van der Waals surface area contributed by atoms with Crippen LogP contribution < -0.4 is 5.73 Å². The molecule has 1 heterocycles. The third kappa shape index (κ3) is 2.64. The maximum atomic E-state index is 5.68. The van der Waals surface area contributed by atoms with Gasteiger partial charge in [-0.15, -0.1) is 0 Å². The number of aliphatic imine (C=N–C) groups is 1. The Morgan fingerprint density at radius 1 is 1.75 bits per heavy atom. The number of hydrogen-bond acceptors (Lipinski definition) is 3. The average Bonchev–Trinajstić information content (AvgIpc) is 2.56. The first-order valence-electron chi connectivity index (χ1n) is 3.66. The van der Waals surface area contributed by atoms with E-state index in [-0.39, 0.29) is 0 Å². The molecule has 0 saturated heterocycles. The lowest BCUT2D eigenvalue weighted by molar-refractivity contribution is 0.208. The van der Waals surface area contributed by atoms with Gasteiger partial charge in [-0.2, -0.15) is 11.3 Å². The van der Waals surface area contributed by atoms with Crippen molar-refractivity contribution in [1.29, 1.82) is 0 Å². The van der Waals surface area contributed by atoms with Crippen molar-refractivity contribution >= 4 is 17.2 Å². The molecule has 0 radical (unpaired) electrons. The number of rotatable bonds is 4. The molecule has 2 N–H and O–H groups in total. The summed E-state index contributed by atoms with van der Waals surface area (Å²) in [5.41, 5.74) is 6.68. The Balaban J connectivity index is 2.47. The maximum absolute atomic E-state index is 5.68. The van der Waals surface area contributed by atoms with E-state index in [0.717, 1.165) is 5.56 Å². The standard InChI is InChI=1S/C8H12N2OS/c1-11-4-3-10-8(9)7-2-5-12-6-7/h2,5-6H,3-4H2,1H3,(H2,9,10). The highest BCUT2D eigenvalue weighted by molar-refractivity contribution is 7.08. The predicted octanol–water partition coefficient (Wildman–Crippen LogP) is 1.10. The van der Waals surface area contributed by atoms with Crippen LogP contribution in [0.1, 0.15) is 5.56 Å². The summed E-state index contributed by atoms with van der Waals surface area (Å²) < 4.78 is 4.85. The third-order valence-corrected chi connectivity index (χ3v) is 2.08. The lowest BCUT2D eigenvalue weighted by Crippen LogP contribution is -2.13. The Bertz CT molecular complexity index is 244. The Labute approximate surface area is 75.9 Å². The van der Waals surface area contributed by atoms with Gasteiger partial charge in [0.2, 0.25) is 0 Å². The summed E-state index contributed by atoms with van der Waals surface area (Å²) in [6, 6.07) is 1.95. The fraction of sp³-hybridized carbons (Fsp3) is 0.375. The van der Waals surface area contributed by atoms with E-state index in [9.17, 15) is 0 Å². The smallest absolute Gasteiger partial charge is 0.126 e. The normalized spacial score (nSPS) is 11.9. The average molecular weight is 184 g/mol. The number of amidine groups is 1. The maximum Gasteiger partial charge on any atom is 0.126 e. The fourth-order valence-corrected chi connectivity index (χ4v) is 1.41. The first-order valence-corrected chi connectivity index (χ1v) is 4.60. The van der Waals surface area contributed by atoms with Crippen molar-refractivity contribution in [3.63, 3.8) is 0 Å². The number of ether oxygens (including phenoxy) is 1. The summed E-state index contributed by atoms with van der Waals surface area (Å²) in [6.07, 6.45) is 0. The SMILES string of the molecule is COCCN=C(N)c1ccsc1. The predicted molar refractivity (Wildman–Crippen MR) is 51.8 cm³/mol. The first kappa shape index (κ1) is 9.22. The zero-order valence-corrected chi connectivity index (χ0v) is 7.80. The van der Waals surface area contributed by atoms with Gasteiger partial charge in [0.05, 0.1) is 13.2 Å². The van der Waals surface area contributed by atoms with E-state index in [1.807, 2.05) is 16.8 Å². The number of nitrogens with two attached hydrogens (primary N) is 1. The molecule has 0 amide bonds. The minimum Gasteiger partial charge on any atom is -0.383 e. The molecule has 0 aliphatic rings. The van der Waals surface area contributed by atoms with Crippen molar-refractivity contribution in [2.24, 2.45) is 10.7 Å². The summed E-state index contributed by atoms with van der Waals surface area (Å²) in [5.74, 6) is 0.591. The summed E-state index contributed by atoms with van der Waals surface area (Å²) in [6.45, 7) is 1.24.